The fourth-order valence-electron chi connectivity index (χ4n) is 4.94. The summed E-state index contributed by atoms with van der Waals surface area (Å²) in [7, 11) is 5.55. The van der Waals surface area contributed by atoms with Crippen molar-refractivity contribution in [1.29, 1.82) is 0 Å². The first-order valence-electron chi connectivity index (χ1n) is 16.6. The fraction of sp³-hybridized carbons (Fsp3) is 0.882. The van der Waals surface area contributed by atoms with Gasteiger partial charge in [0.2, 0.25) is 0 Å². The topological polar surface area (TPSA) is 55.8 Å². The molecule has 0 aliphatic rings. The van der Waals surface area contributed by atoms with Crippen molar-refractivity contribution in [1.82, 2.24) is 4.90 Å². The number of carbonyl (C=O) groups is 2. The number of allylic oxidation sites excluding steroid dienone is 2. The standard InChI is InChI=1S/C34H65NO4/c1-5-6-7-23-27-32(39-34(37)30-26-31-35(2)3)28-24-21-19-17-15-13-11-9-8-10-12-14-16-18-20-22-25-29-33(36)38-4/h10,12,32H,5-9,11,13-31H2,1-4H3. The second kappa shape index (κ2) is 29.6. The molecular formula is C34H65NO4. The van der Waals surface area contributed by atoms with Gasteiger partial charge in [-0.05, 0) is 84.8 Å². The molecule has 0 saturated heterocycles. The van der Waals surface area contributed by atoms with Crippen LogP contribution in [0, 0.1) is 0 Å². The largest absolute Gasteiger partial charge is 0.469 e. The first-order valence-corrected chi connectivity index (χ1v) is 16.6. The summed E-state index contributed by atoms with van der Waals surface area (Å²) in [5, 5.41) is 0. The summed E-state index contributed by atoms with van der Waals surface area (Å²) >= 11 is 0. The van der Waals surface area contributed by atoms with E-state index in [1.54, 1.807) is 0 Å². The van der Waals surface area contributed by atoms with Crippen molar-refractivity contribution < 1.29 is 19.1 Å². The van der Waals surface area contributed by atoms with Crippen LogP contribution in [-0.2, 0) is 19.1 Å². The molecule has 0 fully saturated rings. The van der Waals surface area contributed by atoms with Gasteiger partial charge in [0.15, 0.2) is 0 Å². The molecule has 0 amide bonds. The molecule has 0 spiro atoms. The summed E-state index contributed by atoms with van der Waals surface area (Å²) in [6, 6.07) is 0. The van der Waals surface area contributed by atoms with Crippen LogP contribution in [0.5, 0.6) is 0 Å². The van der Waals surface area contributed by atoms with Gasteiger partial charge in [-0.1, -0.05) is 96.1 Å². The van der Waals surface area contributed by atoms with Crippen LogP contribution in [-0.4, -0.2) is 50.7 Å². The Morgan fingerprint density at radius 2 is 1.08 bits per heavy atom. The zero-order chi connectivity index (χ0) is 28.8. The molecule has 1 atom stereocenters. The van der Waals surface area contributed by atoms with Gasteiger partial charge in [-0.15, -0.1) is 0 Å². The number of nitrogens with zero attached hydrogens (tertiary/aromatic N) is 1. The van der Waals surface area contributed by atoms with E-state index in [-0.39, 0.29) is 18.0 Å². The SMILES string of the molecule is CCCCCCC(CCCCCCCCCCC=CCCCCCCCC(=O)OC)OC(=O)CCCN(C)C. The molecule has 0 aromatic carbocycles. The number of unbranched alkanes of at least 4 members (excludes halogenated alkanes) is 16. The van der Waals surface area contributed by atoms with Gasteiger partial charge in [0.05, 0.1) is 7.11 Å². The Bertz CT molecular complexity index is 576. The lowest BCUT2D eigenvalue weighted by Crippen LogP contribution is -2.20. The van der Waals surface area contributed by atoms with E-state index < -0.39 is 0 Å². The van der Waals surface area contributed by atoms with E-state index in [2.05, 4.69) is 28.7 Å². The van der Waals surface area contributed by atoms with Gasteiger partial charge in [-0.25, -0.2) is 0 Å². The van der Waals surface area contributed by atoms with Gasteiger partial charge in [0.25, 0.3) is 0 Å². The van der Waals surface area contributed by atoms with Crippen molar-refractivity contribution in [3.05, 3.63) is 12.2 Å². The average molecular weight is 552 g/mol. The van der Waals surface area contributed by atoms with Crippen LogP contribution in [0.1, 0.15) is 161 Å². The van der Waals surface area contributed by atoms with Crippen LogP contribution in [0.25, 0.3) is 0 Å². The monoisotopic (exact) mass is 551 g/mol. The maximum Gasteiger partial charge on any atom is 0.306 e. The Labute approximate surface area is 242 Å². The van der Waals surface area contributed by atoms with Crippen molar-refractivity contribution in [3.8, 4) is 0 Å². The molecule has 5 nitrogen and oxygen atoms in total. The molecule has 0 heterocycles. The molecule has 0 aromatic rings. The van der Waals surface area contributed by atoms with Crippen LogP contribution >= 0.6 is 0 Å². The molecule has 0 bridgehead atoms. The van der Waals surface area contributed by atoms with Crippen molar-refractivity contribution in [3.63, 3.8) is 0 Å². The predicted molar refractivity (Wildman–Crippen MR) is 166 cm³/mol. The highest BCUT2D eigenvalue weighted by Gasteiger charge is 2.14. The van der Waals surface area contributed by atoms with Crippen LogP contribution < -0.4 is 0 Å². The Hall–Kier alpha value is -1.36. The summed E-state index contributed by atoms with van der Waals surface area (Å²) in [4.78, 5) is 25.5. The van der Waals surface area contributed by atoms with Crippen molar-refractivity contribution in [2.24, 2.45) is 0 Å². The maximum atomic E-state index is 12.3. The van der Waals surface area contributed by atoms with Gasteiger partial charge in [-0.3, -0.25) is 9.59 Å². The lowest BCUT2D eigenvalue weighted by atomic mass is 10.0. The minimum atomic E-state index is -0.0856. The quantitative estimate of drug-likeness (QED) is 0.0526. The molecule has 0 aromatic heterocycles. The predicted octanol–water partition coefficient (Wildman–Crippen LogP) is 9.57. The third-order valence-electron chi connectivity index (χ3n) is 7.46. The smallest absolute Gasteiger partial charge is 0.306 e. The number of carbonyl (C=O) groups excluding carboxylic acids is 2. The number of ether oxygens (including phenoxy) is 2. The summed E-state index contributed by atoms with van der Waals surface area (Å²) in [6.45, 7) is 3.18. The zero-order valence-corrected chi connectivity index (χ0v) is 26.5. The molecule has 0 N–H and O–H groups in total. The number of methoxy groups -OCH3 is 1. The molecule has 5 heteroatoms. The first kappa shape index (κ1) is 37.6. The van der Waals surface area contributed by atoms with Crippen LogP contribution in [0.15, 0.2) is 12.2 Å². The molecule has 0 rings (SSSR count). The van der Waals surface area contributed by atoms with Gasteiger partial charge in [-0.2, -0.15) is 0 Å². The van der Waals surface area contributed by atoms with E-state index in [4.69, 9.17) is 4.74 Å². The van der Waals surface area contributed by atoms with E-state index >= 15 is 0 Å². The highest BCUT2D eigenvalue weighted by molar-refractivity contribution is 5.69. The van der Waals surface area contributed by atoms with E-state index in [9.17, 15) is 9.59 Å². The summed E-state index contributed by atoms with van der Waals surface area (Å²) in [5.74, 6) is -0.0891. The Balaban J connectivity index is 3.67. The molecule has 0 aliphatic carbocycles. The van der Waals surface area contributed by atoms with Gasteiger partial charge in [0.1, 0.15) is 6.10 Å². The molecule has 0 radical (unpaired) electrons. The number of esters is 2. The molecule has 0 aliphatic heterocycles. The van der Waals surface area contributed by atoms with Crippen molar-refractivity contribution in [2.75, 3.05) is 27.7 Å². The minimum Gasteiger partial charge on any atom is -0.469 e. The summed E-state index contributed by atoms with van der Waals surface area (Å²) < 4.78 is 10.5. The van der Waals surface area contributed by atoms with E-state index in [0.29, 0.717) is 12.8 Å². The number of hydrogen-bond donors (Lipinski definition) is 0. The Morgan fingerprint density at radius 3 is 1.59 bits per heavy atom. The second-order valence-corrected chi connectivity index (χ2v) is 11.6. The normalized spacial score (nSPS) is 12.3. The van der Waals surface area contributed by atoms with Gasteiger partial charge in [0, 0.05) is 12.8 Å². The van der Waals surface area contributed by atoms with E-state index in [0.717, 1.165) is 38.6 Å². The molecular weight excluding hydrogens is 486 g/mol. The van der Waals surface area contributed by atoms with Gasteiger partial charge < -0.3 is 14.4 Å². The Morgan fingerprint density at radius 1 is 0.615 bits per heavy atom. The fourth-order valence-corrected chi connectivity index (χ4v) is 4.94. The minimum absolute atomic E-state index is 0.00346. The van der Waals surface area contributed by atoms with E-state index in [1.807, 2.05) is 14.1 Å². The highest BCUT2D eigenvalue weighted by atomic mass is 16.5. The second-order valence-electron chi connectivity index (χ2n) is 11.6. The van der Waals surface area contributed by atoms with Crippen molar-refractivity contribution in [2.45, 2.75) is 167 Å². The molecule has 0 saturated carbocycles. The Kier molecular flexibility index (Phi) is 28.6. The van der Waals surface area contributed by atoms with Crippen LogP contribution in [0.4, 0.5) is 0 Å². The van der Waals surface area contributed by atoms with Crippen molar-refractivity contribution >= 4 is 11.9 Å². The zero-order valence-electron chi connectivity index (χ0n) is 26.5. The molecule has 1 unspecified atom stereocenters. The van der Waals surface area contributed by atoms with Crippen LogP contribution in [0.3, 0.4) is 0 Å². The lowest BCUT2D eigenvalue weighted by Gasteiger charge is -2.18. The lowest BCUT2D eigenvalue weighted by molar-refractivity contribution is -0.150. The third kappa shape index (κ3) is 29.4. The van der Waals surface area contributed by atoms with Gasteiger partial charge >= 0.3 is 11.9 Å². The van der Waals surface area contributed by atoms with Crippen LogP contribution in [0.2, 0.25) is 0 Å². The number of rotatable bonds is 29. The molecule has 230 valence electrons. The third-order valence-corrected chi connectivity index (χ3v) is 7.46. The maximum absolute atomic E-state index is 12.3. The summed E-state index contributed by atoms with van der Waals surface area (Å²) in [5.41, 5.74) is 0. The first-order chi connectivity index (χ1) is 19.0. The number of hydrogen-bond acceptors (Lipinski definition) is 5. The average Bonchev–Trinajstić information content (AvgIpc) is 2.91. The highest BCUT2D eigenvalue weighted by Crippen LogP contribution is 2.18. The molecule has 39 heavy (non-hydrogen) atoms. The van der Waals surface area contributed by atoms with E-state index in [1.165, 1.54) is 116 Å². The summed E-state index contributed by atoms with van der Waals surface area (Å²) in [6.07, 6.45) is 32.5.